The van der Waals surface area contributed by atoms with E-state index in [1.807, 2.05) is 12.1 Å². The van der Waals surface area contributed by atoms with Gasteiger partial charge in [0.05, 0.1) is 12.6 Å². The third-order valence-corrected chi connectivity index (χ3v) is 8.28. The maximum absolute atomic E-state index is 14.0. The summed E-state index contributed by atoms with van der Waals surface area (Å²) in [7, 11) is 1.69. The highest BCUT2D eigenvalue weighted by molar-refractivity contribution is 5.94. The third kappa shape index (κ3) is 7.64. The predicted molar refractivity (Wildman–Crippen MR) is 156 cm³/mol. The molecule has 1 aromatic carbocycles. The number of nitrogens with zero attached hydrogens (tertiary/aromatic N) is 4. The second kappa shape index (κ2) is 13.8. The molecule has 4 amide bonds. The Morgan fingerprint density at radius 2 is 1.81 bits per heavy atom. The average molecular weight is 577 g/mol. The van der Waals surface area contributed by atoms with Gasteiger partial charge < -0.3 is 25.2 Å². The van der Waals surface area contributed by atoms with Gasteiger partial charge in [-0.3, -0.25) is 29.1 Å². The topological polar surface area (TPSA) is 124 Å². The van der Waals surface area contributed by atoms with Crippen molar-refractivity contribution in [1.29, 1.82) is 0 Å². The van der Waals surface area contributed by atoms with E-state index in [1.54, 1.807) is 53.5 Å². The number of hydrogen-bond donors (Lipinski definition) is 2. The van der Waals surface area contributed by atoms with Crippen molar-refractivity contribution in [3.05, 3.63) is 59.9 Å². The molecule has 2 bridgehead atoms. The van der Waals surface area contributed by atoms with E-state index in [9.17, 15) is 19.2 Å². The number of ether oxygens (including phenoxy) is 1. The van der Waals surface area contributed by atoms with Gasteiger partial charge in [-0.15, -0.1) is 0 Å². The fraction of sp³-hybridized carbons (Fsp3) is 0.516. The van der Waals surface area contributed by atoms with Gasteiger partial charge in [-0.05, 0) is 81.1 Å². The van der Waals surface area contributed by atoms with Crippen LogP contribution >= 0.6 is 0 Å². The van der Waals surface area contributed by atoms with Crippen LogP contribution < -0.4 is 15.4 Å². The van der Waals surface area contributed by atoms with Gasteiger partial charge in [-0.1, -0.05) is 6.07 Å². The van der Waals surface area contributed by atoms with Crippen molar-refractivity contribution in [3.63, 3.8) is 0 Å². The summed E-state index contributed by atoms with van der Waals surface area (Å²) < 4.78 is 6.09. The summed E-state index contributed by atoms with van der Waals surface area (Å²) in [5.41, 5.74) is 1.48. The predicted octanol–water partition coefficient (Wildman–Crippen LogP) is 1.24. The van der Waals surface area contributed by atoms with E-state index >= 15 is 0 Å². The first kappa shape index (κ1) is 29.5. The zero-order chi connectivity index (χ0) is 29.5. The molecule has 3 aliphatic heterocycles. The first-order valence-electron chi connectivity index (χ1n) is 14.8. The van der Waals surface area contributed by atoms with Crippen LogP contribution in [0.1, 0.15) is 48.0 Å². The Morgan fingerprint density at radius 3 is 2.60 bits per heavy atom. The van der Waals surface area contributed by atoms with Gasteiger partial charge in [0.15, 0.2) is 0 Å². The molecule has 0 radical (unpaired) electrons. The molecule has 0 aliphatic carbocycles. The Balaban J connectivity index is 1.32. The minimum atomic E-state index is -0.824. The number of benzene rings is 1. The fourth-order valence-electron chi connectivity index (χ4n) is 5.95. The highest BCUT2D eigenvalue weighted by Crippen LogP contribution is 2.24. The number of amides is 4. The first-order chi connectivity index (χ1) is 20.4. The molecule has 4 heterocycles. The monoisotopic (exact) mass is 576 g/mol. The Bertz CT molecular complexity index is 1270. The molecular formula is C31H40N6O5. The molecule has 0 spiro atoms. The maximum Gasteiger partial charge on any atom is 0.253 e. The number of hydrogen-bond acceptors (Lipinski definition) is 7. The Morgan fingerprint density at radius 1 is 1.02 bits per heavy atom. The van der Waals surface area contributed by atoms with Crippen LogP contribution in [0.4, 0.5) is 0 Å². The fourth-order valence-corrected chi connectivity index (χ4v) is 5.95. The van der Waals surface area contributed by atoms with Gasteiger partial charge >= 0.3 is 0 Å². The summed E-state index contributed by atoms with van der Waals surface area (Å²) >= 11 is 0. The molecule has 42 heavy (non-hydrogen) atoms. The summed E-state index contributed by atoms with van der Waals surface area (Å²) in [4.78, 5) is 62.4. The number of aryl methyl sites for hydroxylation is 1. The van der Waals surface area contributed by atoms with Crippen molar-refractivity contribution in [2.75, 3.05) is 46.4 Å². The number of pyridine rings is 1. The zero-order valence-corrected chi connectivity index (χ0v) is 24.2. The molecule has 2 fully saturated rings. The van der Waals surface area contributed by atoms with Gasteiger partial charge in [0.2, 0.25) is 17.7 Å². The molecule has 2 saturated heterocycles. The molecule has 5 rings (SSSR count). The number of nitrogens with one attached hydrogen (secondary N) is 2. The minimum absolute atomic E-state index is 0.0425. The van der Waals surface area contributed by atoms with E-state index in [0.717, 1.165) is 31.5 Å². The highest BCUT2D eigenvalue weighted by Gasteiger charge is 2.40. The molecule has 11 heteroatoms. The lowest BCUT2D eigenvalue weighted by atomic mass is 10.1. The molecule has 3 atom stereocenters. The largest absolute Gasteiger partial charge is 0.491 e. The van der Waals surface area contributed by atoms with E-state index in [-0.39, 0.29) is 61.7 Å². The lowest BCUT2D eigenvalue weighted by molar-refractivity contribution is -0.138. The molecule has 2 aromatic rings. The summed E-state index contributed by atoms with van der Waals surface area (Å²) in [5.74, 6) is -0.153. The van der Waals surface area contributed by atoms with Gasteiger partial charge in [-0.25, -0.2) is 0 Å². The summed E-state index contributed by atoms with van der Waals surface area (Å²) in [6, 6.07) is 9.40. The Kier molecular flexibility index (Phi) is 9.68. The van der Waals surface area contributed by atoms with Crippen LogP contribution in [-0.4, -0.2) is 108 Å². The van der Waals surface area contributed by atoms with Crippen LogP contribution in [0, 0.1) is 0 Å². The van der Waals surface area contributed by atoms with E-state index in [1.165, 1.54) is 0 Å². The number of rotatable bonds is 7. The molecule has 0 saturated carbocycles. The van der Waals surface area contributed by atoms with Crippen molar-refractivity contribution in [3.8, 4) is 5.75 Å². The SMILES string of the molecule is CN1CC[C@H](NC(=O)CCc2ccncc2)C(=O)N2C[C@@H](NC(=O)CN3CCCC3)C[C@H]2COc2cccc(c2)C1=O. The van der Waals surface area contributed by atoms with Crippen molar-refractivity contribution in [1.82, 2.24) is 30.3 Å². The van der Waals surface area contributed by atoms with Crippen LogP contribution in [0.25, 0.3) is 0 Å². The lowest BCUT2D eigenvalue weighted by Gasteiger charge is -2.30. The minimum Gasteiger partial charge on any atom is -0.491 e. The number of likely N-dealkylation sites (tertiary alicyclic amines) is 1. The van der Waals surface area contributed by atoms with Crippen LogP contribution in [0.15, 0.2) is 48.8 Å². The zero-order valence-electron chi connectivity index (χ0n) is 24.2. The van der Waals surface area contributed by atoms with E-state index in [2.05, 4.69) is 20.5 Å². The molecule has 1 aromatic heterocycles. The quantitative estimate of drug-likeness (QED) is 0.508. The van der Waals surface area contributed by atoms with Crippen molar-refractivity contribution < 1.29 is 23.9 Å². The van der Waals surface area contributed by atoms with Crippen LogP contribution in [0.5, 0.6) is 5.75 Å². The van der Waals surface area contributed by atoms with Crippen LogP contribution in [-0.2, 0) is 20.8 Å². The smallest absolute Gasteiger partial charge is 0.253 e. The maximum atomic E-state index is 14.0. The highest BCUT2D eigenvalue weighted by atomic mass is 16.5. The average Bonchev–Trinajstić information content (AvgIpc) is 3.66. The first-order valence-corrected chi connectivity index (χ1v) is 14.8. The summed E-state index contributed by atoms with van der Waals surface area (Å²) in [5, 5.41) is 6.07. The number of carbonyl (C=O) groups is 4. The van der Waals surface area contributed by atoms with Crippen LogP contribution in [0.3, 0.4) is 0 Å². The summed E-state index contributed by atoms with van der Waals surface area (Å²) in [6.07, 6.45) is 7.13. The standard InChI is InChI=1S/C31H40N6O5/c1-35-16-11-27(34-28(38)8-7-22-9-12-32-13-10-22)31(41)37-19-24(33-29(39)20-36-14-2-3-15-36)18-25(37)21-42-26-6-4-5-23(17-26)30(35)40/h4-6,9-10,12-13,17,24-25,27H,2-3,7-8,11,14-16,18-21H2,1H3,(H,33,39)(H,34,38)/t24-,25-,27-/m0/s1. The number of carbonyl (C=O) groups excluding carboxylic acids is 4. The molecule has 224 valence electrons. The van der Waals surface area contributed by atoms with Crippen molar-refractivity contribution in [2.45, 2.75) is 56.7 Å². The van der Waals surface area contributed by atoms with Gasteiger partial charge in [0, 0.05) is 50.6 Å². The van der Waals surface area contributed by atoms with Crippen LogP contribution in [0.2, 0.25) is 0 Å². The second-order valence-corrected chi connectivity index (χ2v) is 11.5. The van der Waals surface area contributed by atoms with Crippen molar-refractivity contribution in [2.24, 2.45) is 0 Å². The normalized spacial score (nSPS) is 23.3. The molecular weight excluding hydrogens is 536 g/mol. The van der Waals surface area contributed by atoms with Crippen molar-refractivity contribution >= 4 is 23.6 Å². The van der Waals surface area contributed by atoms with Gasteiger partial charge in [-0.2, -0.15) is 0 Å². The lowest BCUT2D eigenvalue weighted by Crippen LogP contribution is -2.52. The molecule has 2 N–H and O–H groups in total. The third-order valence-electron chi connectivity index (χ3n) is 8.28. The Hall–Kier alpha value is -3.99. The van der Waals surface area contributed by atoms with Gasteiger partial charge in [0.25, 0.3) is 5.91 Å². The molecule has 3 aliphatic rings. The molecule has 11 nitrogen and oxygen atoms in total. The number of aromatic nitrogens is 1. The summed E-state index contributed by atoms with van der Waals surface area (Å²) in [6.45, 7) is 3.03. The number of fused-ring (bicyclic) bond motifs is 3. The molecule has 0 unspecified atom stereocenters. The second-order valence-electron chi connectivity index (χ2n) is 11.5. The van der Waals surface area contributed by atoms with Gasteiger partial charge in [0.1, 0.15) is 18.4 Å². The van der Waals surface area contributed by atoms with E-state index < -0.39 is 6.04 Å². The van der Waals surface area contributed by atoms with E-state index in [4.69, 9.17) is 4.74 Å². The Labute approximate surface area is 246 Å². The van der Waals surface area contributed by atoms with E-state index in [0.29, 0.717) is 37.2 Å².